The molecule has 2 aliphatic carbocycles. The number of fused-ring (bicyclic) bond motifs is 1. The second-order valence-electron chi connectivity index (χ2n) is 4.77. The van der Waals surface area contributed by atoms with E-state index >= 15 is 0 Å². The summed E-state index contributed by atoms with van der Waals surface area (Å²) in [5.41, 5.74) is 0. The quantitative estimate of drug-likeness (QED) is 0.600. The number of Topliss-reactive ketones (excluding diaryl/α,β-unsaturated/α-hetero) is 2. The van der Waals surface area contributed by atoms with Gasteiger partial charge in [0.25, 0.3) is 0 Å². The lowest BCUT2D eigenvalue weighted by atomic mass is 9.64. The minimum atomic E-state index is 0.174. The molecule has 0 aromatic heterocycles. The largest absolute Gasteiger partial charge is 0.299 e. The van der Waals surface area contributed by atoms with Gasteiger partial charge in [0.15, 0.2) is 0 Å². The molecule has 2 aliphatic rings. The molecule has 0 radical (unpaired) electrons. The Balaban J connectivity index is 2.16. The fraction of sp³-hybridized carbons (Fsp3) is 0.833. The summed E-state index contributed by atoms with van der Waals surface area (Å²) in [6, 6.07) is 0. The van der Waals surface area contributed by atoms with Gasteiger partial charge in [0.2, 0.25) is 0 Å². The summed E-state index contributed by atoms with van der Waals surface area (Å²) < 4.78 is 0. The van der Waals surface area contributed by atoms with Crippen molar-refractivity contribution in [2.45, 2.75) is 45.4 Å². The lowest BCUT2D eigenvalue weighted by Gasteiger charge is -2.39. The van der Waals surface area contributed by atoms with Crippen LogP contribution in [0.2, 0.25) is 0 Å². The molecule has 0 aliphatic heterocycles. The van der Waals surface area contributed by atoms with E-state index in [-0.39, 0.29) is 23.9 Å². The normalized spacial score (nSPS) is 38.2. The lowest BCUT2D eigenvalue weighted by Crippen LogP contribution is -2.40. The van der Waals surface area contributed by atoms with Gasteiger partial charge in [0.1, 0.15) is 11.6 Å². The third-order valence-electron chi connectivity index (χ3n) is 3.92. The van der Waals surface area contributed by atoms with Crippen LogP contribution in [0.25, 0.3) is 0 Å². The predicted molar refractivity (Wildman–Crippen MR) is 53.9 cm³/mol. The highest BCUT2D eigenvalue weighted by Gasteiger charge is 2.41. The summed E-state index contributed by atoms with van der Waals surface area (Å²) >= 11 is 0. The Labute approximate surface area is 85.1 Å². The zero-order chi connectivity index (χ0) is 10.1. The summed E-state index contributed by atoms with van der Waals surface area (Å²) in [5, 5.41) is 0. The van der Waals surface area contributed by atoms with Gasteiger partial charge in [0, 0.05) is 12.3 Å². The molecule has 0 N–H and O–H groups in total. The molecule has 3 atom stereocenters. The summed E-state index contributed by atoms with van der Waals surface area (Å²) in [6.07, 6.45) is 5.49. The molecule has 0 spiro atoms. The predicted octanol–water partition coefficient (Wildman–Crippen LogP) is 2.36. The van der Waals surface area contributed by atoms with Gasteiger partial charge in [-0.25, -0.2) is 0 Å². The summed E-state index contributed by atoms with van der Waals surface area (Å²) in [7, 11) is 0. The van der Waals surface area contributed by atoms with Crippen molar-refractivity contribution in [1.82, 2.24) is 0 Å². The van der Waals surface area contributed by atoms with E-state index in [0.29, 0.717) is 18.3 Å². The van der Waals surface area contributed by atoms with Crippen LogP contribution < -0.4 is 0 Å². The molecule has 0 saturated heterocycles. The number of ketones is 2. The van der Waals surface area contributed by atoms with Gasteiger partial charge in [-0.3, -0.25) is 9.59 Å². The maximum Gasteiger partial charge on any atom is 0.143 e. The van der Waals surface area contributed by atoms with Crippen LogP contribution in [0.1, 0.15) is 45.4 Å². The smallest absolute Gasteiger partial charge is 0.143 e. The SMILES string of the molecule is CCC1CCCC2CC(=O)CC(=O)C12. The fourth-order valence-electron chi connectivity index (χ4n) is 3.28. The van der Waals surface area contributed by atoms with E-state index in [1.54, 1.807) is 0 Å². The number of hydrogen-bond donors (Lipinski definition) is 0. The van der Waals surface area contributed by atoms with Crippen LogP contribution in [-0.2, 0) is 9.59 Å². The number of carbonyl (C=O) groups excluding carboxylic acids is 2. The highest BCUT2D eigenvalue weighted by Crippen LogP contribution is 2.42. The summed E-state index contributed by atoms with van der Waals surface area (Å²) in [5.74, 6) is 1.59. The molecule has 2 nitrogen and oxygen atoms in total. The highest BCUT2D eigenvalue weighted by molar-refractivity contribution is 6.02. The highest BCUT2D eigenvalue weighted by atomic mass is 16.1. The van der Waals surface area contributed by atoms with Crippen molar-refractivity contribution >= 4 is 11.6 Å². The monoisotopic (exact) mass is 194 g/mol. The van der Waals surface area contributed by atoms with Gasteiger partial charge < -0.3 is 0 Å². The molecule has 2 heteroatoms. The second kappa shape index (κ2) is 3.84. The van der Waals surface area contributed by atoms with E-state index in [1.807, 2.05) is 0 Å². The third-order valence-corrected chi connectivity index (χ3v) is 3.92. The molecule has 14 heavy (non-hydrogen) atoms. The number of rotatable bonds is 1. The number of hydrogen-bond acceptors (Lipinski definition) is 2. The first kappa shape index (κ1) is 9.88. The Hall–Kier alpha value is -0.660. The van der Waals surface area contributed by atoms with Gasteiger partial charge in [-0.15, -0.1) is 0 Å². The zero-order valence-corrected chi connectivity index (χ0v) is 8.79. The topological polar surface area (TPSA) is 34.1 Å². The average Bonchev–Trinajstić information content (AvgIpc) is 2.16. The Bertz CT molecular complexity index is 257. The van der Waals surface area contributed by atoms with Gasteiger partial charge in [-0.2, -0.15) is 0 Å². The molecule has 0 aromatic carbocycles. The molecular weight excluding hydrogens is 176 g/mol. The molecule has 0 heterocycles. The third kappa shape index (κ3) is 1.62. The second-order valence-corrected chi connectivity index (χ2v) is 4.77. The molecule has 78 valence electrons. The first-order valence-corrected chi connectivity index (χ1v) is 5.76. The average molecular weight is 194 g/mol. The zero-order valence-electron chi connectivity index (χ0n) is 8.79. The van der Waals surface area contributed by atoms with E-state index in [4.69, 9.17) is 0 Å². The Kier molecular flexibility index (Phi) is 2.71. The van der Waals surface area contributed by atoms with Crippen molar-refractivity contribution in [3.8, 4) is 0 Å². The van der Waals surface area contributed by atoms with Gasteiger partial charge >= 0.3 is 0 Å². The first-order chi connectivity index (χ1) is 6.72. The molecule has 2 saturated carbocycles. The van der Waals surface area contributed by atoms with E-state index < -0.39 is 0 Å². The van der Waals surface area contributed by atoms with Crippen molar-refractivity contribution in [3.63, 3.8) is 0 Å². The molecular formula is C12H18O2. The fourth-order valence-corrected chi connectivity index (χ4v) is 3.28. The van der Waals surface area contributed by atoms with Crippen LogP contribution in [0, 0.1) is 17.8 Å². The Morgan fingerprint density at radius 2 is 2.07 bits per heavy atom. The van der Waals surface area contributed by atoms with E-state index in [2.05, 4.69) is 6.92 Å². The van der Waals surface area contributed by atoms with Crippen LogP contribution in [0.3, 0.4) is 0 Å². The maximum atomic E-state index is 11.8. The van der Waals surface area contributed by atoms with E-state index in [9.17, 15) is 9.59 Å². The summed E-state index contributed by atoms with van der Waals surface area (Å²) in [4.78, 5) is 23.1. The Morgan fingerprint density at radius 3 is 2.79 bits per heavy atom. The van der Waals surface area contributed by atoms with Crippen LogP contribution in [0.15, 0.2) is 0 Å². The molecule has 2 rings (SSSR count). The van der Waals surface area contributed by atoms with Crippen molar-refractivity contribution in [2.75, 3.05) is 0 Å². The van der Waals surface area contributed by atoms with Crippen LogP contribution in [-0.4, -0.2) is 11.6 Å². The standard InChI is InChI=1S/C12H18O2/c1-2-8-4-3-5-9-6-10(13)7-11(14)12(8)9/h8-9,12H,2-7H2,1H3. The van der Waals surface area contributed by atoms with Crippen molar-refractivity contribution < 1.29 is 9.59 Å². The van der Waals surface area contributed by atoms with Gasteiger partial charge in [0.05, 0.1) is 6.42 Å². The van der Waals surface area contributed by atoms with Crippen molar-refractivity contribution in [2.24, 2.45) is 17.8 Å². The summed E-state index contributed by atoms with van der Waals surface area (Å²) in [6.45, 7) is 2.16. The molecule has 0 bridgehead atoms. The first-order valence-electron chi connectivity index (χ1n) is 5.76. The molecule has 0 aromatic rings. The lowest BCUT2D eigenvalue weighted by molar-refractivity contribution is -0.138. The molecule has 0 amide bonds. The maximum absolute atomic E-state index is 11.8. The minimum Gasteiger partial charge on any atom is -0.299 e. The van der Waals surface area contributed by atoms with E-state index in [1.165, 1.54) is 12.8 Å². The van der Waals surface area contributed by atoms with Crippen LogP contribution in [0.4, 0.5) is 0 Å². The minimum absolute atomic E-state index is 0.174. The number of carbonyl (C=O) groups is 2. The molecule has 2 fully saturated rings. The van der Waals surface area contributed by atoms with Crippen LogP contribution >= 0.6 is 0 Å². The van der Waals surface area contributed by atoms with Crippen LogP contribution in [0.5, 0.6) is 0 Å². The Morgan fingerprint density at radius 1 is 1.29 bits per heavy atom. The van der Waals surface area contributed by atoms with Gasteiger partial charge in [-0.05, 0) is 24.7 Å². The molecule has 3 unspecified atom stereocenters. The van der Waals surface area contributed by atoms with E-state index in [0.717, 1.165) is 12.8 Å². The van der Waals surface area contributed by atoms with Gasteiger partial charge in [-0.1, -0.05) is 19.8 Å². The van der Waals surface area contributed by atoms with Crippen molar-refractivity contribution in [1.29, 1.82) is 0 Å². The van der Waals surface area contributed by atoms with Crippen molar-refractivity contribution in [3.05, 3.63) is 0 Å².